The summed E-state index contributed by atoms with van der Waals surface area (Å²) in [4.78, 5) is 18.3. The van der Waals surface area contributed by atoms with Crippen LogP contribution in [0.15, 0.2) is 48.7 Å². The minimum Gasteiger partial charge on any atom is -0.489 e. The lowest BCUT2D eigenvalue weighted by Gasteiger charge is -2.33. The molecule has 2 atom stereocenters. The molecule has 1 aliphatic rings. The van der Waals surface area contributed by atoms with Gasteiger partial charge >= 0.3 is 12.3 Å². The van der Waals surface area contributed by atoms with Crippen LogP contribution in [0.4, 0.5) is 22.4 Å². The van der Waals surface area contributed by atoms with Gasteiger partial charge in [0.15, 0.2) is 11.5 Å². The Kier molecular flexibility index (Phi) is 7.97. The molecule has 230 valence electrons. The second kappa shape index (κ2) is 11.3. The molecule has 43 heavy (non-hydrogen) atoms. The van der Waals surface area contributed by atoms with Gasteiger partial charge in [-0.15, -0.1) is 10.2 Å². The number of halogens is 4. The fraction of sp³-hybridized carbons (Fsp3) is 0.467. The molecule has 0 radical (unpaired) electrons. The van der Waals surface area contributed by atoms with Gasteiger partial charge in [0.1, 0.15) is 35.3 Å². The molecule has 1 aromatic carbocycles. The highest BCUT2D eigenvalue weighted by Crippen LogP contribution is 2.41. The Hall–Kier alpha value is -4.00. The Morgan fingerprint density at radius 2 is 1.86 bits per heavy atom. The molecule has 4 heterocycles. The normalized spacial score (nSPS) is 18.8. The van der Waals surface area contributed by atoms with Crippen LogP contribution in [0.25, 0.3) is 28.1 Å². The van der Waals surface area contributed by atoms with E-state index in [4.69, 9.17) is 14.5 Å². The molecular weight excluding hydrogens is 568 g/mol. The largest absolute Gasteiger partial charge is 0.489 e. The molecule has 0 saturated carbocycles. The number of pyridine rings is 2. The minimum atomic E-state index is -4.70. The van der Waals surface area contributed by atoms with E-state index in [0.29, 0.717) is 22.6 Å². The number of carbonyl (C=O) groups is 1. The Bertz CT molecular complexity index is 1630. The van der Waals surface area contributed by atoms with E-state index >= 15 is 0 Å². The number of hydrogen-bond acceptors (Lipinski definition) is 7. The van der Waals surface area contributed by atoms with E-state index in [0.717, 1.165) is 10.3 Å². The summed E-state index contributed by atoms with van der Waals surface area (Å²) in [5, 5.41) is 11.7. The number of amides is 1. The van der Waals surface area contributed by atoms with Gasteiger partial charge in [-0.3, -0.25) is 9.30 Å². The topological polar surface area (TPSA) is 93.9 Å². The van der Waals surface area contributed by atoms with E-state index in [1.807, 2.05) is 32.0 Å². The average molecular weight is 603 g/mol. The van der Waals surface area contributed by atoms with Crippen LogP contribution in [0.1, 0.15) is 52.6 Å². The Morgan fingerprint density at radius 1 is 1.09 bits per heavy atom. The van der Waals surface area contributed by atoms with Crippen molar-refractivity contribution in [3.8, 4) is 17.3 Å². The van der Waals surface area contributed by atoms with Crippen molar-refractivity contribution in [2.24, 2.45) is 0 Å². The number of benzene rings is 1. The number of nitrogens with zero attached hydrogens (tertiary/aromatic N) is 5. The number of likely N-dealkylation sites (tertiary alicyclic amines) is 1. The number of hydrogen-bond donors (Lipinski definition) is 1. The van der Waals surface area contributed by atoms with E-state index in [2.05, 4.69) is 15.5 Å². The van der Waals surface area contributed by atoms with E-state index in [-0.39, 0.29) is 37.0 Å². The Balaban J connectivity index is 1.49. The Morgan fingerprint density at radius 3 is 2.53 bits per heavy atom. The van der Waals surface area contributed by atoms with E-state index in [9.17, 15) is 22.4 Å². The van der Waals surface area contributed by atoms with Gasteiger partial charge in [0.25, 0.3) is 0 Å². The highest BCUT2D eigenvalue weighted by Gasteiger charge is 2.51. The van der Waals surface area contributed by atoms with Gasteiger partial charge in [-0.1, -0.05) is 24.3 Å². The minimum absolute atomic E-state index is 0.0166. The number of alkyl carbamates (subject to hydrolysis) is 1. The van der Waals surface area contributed by atoms with Crippen LogP contribution in [0, 0.1) is 0 Å². The van der Waals surface area contributed by atoms with E-state index in [1.165, 1.54) is 22.7 Å². The molecule has 5 rings (SSSR count). The summed E-state index contributed by atoms with van der Waals surface area (Å²) in [6.07, 6.45) is -4.35. The van der Waals surface area contributed by atoms with Crippen molar-refractivity contribution in [1.29, 1.82) is 0 Å². The SMILES string of the molecule is CC(C)Oc1cccc2ccc(-c3nnc4ccc([C@@H](N5CCC(CF)(NC(=O)OC(C)(C)C)C5)C(F)(F)F)cn34)nc12. The van der Waals surface area contributed by atoms with Gasteiger partial charge in [0, 0.05) is 24.7 Å². The van der Waals surface area contributed by atoms with Gasteiger partial charge in [0.2, 0.25) is 0 Å². The predicted molar refractivity (Wildman–Crippen MR) is 153 cm³/mol. The van der Waals surface area contributed by atoms with Crippen LogP contribution in [-0.4, -0.2) is 73.8 Å². The second-order valence-corrected chi connectivity index (χ2v) is 12.1. The molecule has 4 aromatic rings. The molecule has 0 aliphatic carbocycles. The lowest BCUT2D eigenvalue weighted by atomic mass is 10.0. The van der Waals surface area contributed by atoms with Gasteiger partial charge in [-0.05, 0) is 64.8 Å². The van der Waals surface area contributed by atoms with Crippen molar-refractivity contribution in [1.82, 2.24) is 29.8 Å². The summed E-state index contributed by atoms with van der Waals surface area (Å²) in [5.74, 6) is 0.830. The molecule has 1 fully saturated rings. The van der Waals surface area contributed by atoms with Crippen LogP contribution in [0.3, 0.4) is 0 Å². The number of ether oxygens (including phenoxy) is 2. The molecule has 1 saturated heterocycles. The first-order valence-electron chi connectivity index (χ1n) is 14.0. The average Bonchev–Trinajstić information content (AvgIpc) is 3.51. The molecule has 1 amide bonds. The first kappa shape index (κ1) is 30.5. The molecule has 9 nitrogen and oxygen atoms in total. The molecule has 13 heteroatoms. The molecule has 3 aromatic heterocycles. The van der Waals surface area contributed by atoms with Crippen molar-refractivity contribution in [3.63, 3.8) is 0 Å². The number of para-hydroxylation sites is 1. The molecule has 1 aliphatic heterocycles. The van der Waals surface area contributed by atoms with Crippen molar-refractivity contribution < 1.29 is 31.8 Å². The maximum atomic E-state index is 14.7. The summed E-state index contributed by atoms with van der Waals surface area (Å²) >= 11 is 0. The third-order valence-electron chi connectivity index (χ3n) is 7.10. The molecule has 0 bridgehead atoms. The number of nitrogens with one attached hydrogen (secondary N) is 1. The zero-order chi connectivity index (χ0) is 31.2. The zero-order valence-corrected chi connectivity index (χ0v) is 24.6. The van der Waals surface area contributed by atoms with Crippen molar-refractivity contribution in [2.75, 3.05) is 19.8 Å². The van der Waals surface area contributed by atoms with Crippen LogP contribution >= 0.6 is 0 Å². The summed E-state index contributed by atoms with van der Waals surface area (Å²) < 4.78 is 70.9. The van der Waals surface area contributed by atoms with Crippen molar-refractivity contribution >= 4 is 22.6 Å². The van der Waals surface area contributed by atoms with Gasteiger partial charge in [-0.25, -0.2) is 14.2 Å². The number of carbonyl (C=O) groups excluding carboxylic acids is 1. The van der Waals surface area contributed by atoms with Crippen LogP contribution in [0.5, 0.6) is 5.75 Å². The fourth-order valence-corrected chi connectivity index (χ4v) is 5.33. The molecular formula is C30H34F4N6O3. The van der Waals surface area contributed by atoms with Crippen molar-refractivity contribution in [3.05, 3.63) is 54.2 Å². The molecule has 1 unspecified atom stereocenters. The predicted octanol–water partition coefficient (Wildman–Crippen LogP) is 6.27. The monoisotopic (exact) mass is 602 g/mol. The highest BCUT2D eigenvalue weighted by atomic mass is 19.4. The van der Waals surface area contributed by atoms with E-state index < -0.39 is 36.1 Å². The van der Waals surface area contributed by atoms with E-state index in [1.54, 1.807) is 32.9 Å². The molecule has 1 N–H and O–H groups in total. The molecule has 0 spiro atoms. The van der Waals surface area contributed by atoms with Crippen LogP contribution < -0.4 is 10.1 Å². The summed E-state index contributed by atoms with van der Waals surface area (Å²) in [6, 6.07) is 9.84. The maximum absolute atomic E-state index is 14.7. The summed E-state index contributed by atoms with van der Waals surface area (Å²) in [6.45, 7) is 7.26. The number of alkyl halides is 4. The summed E-state index contributed by atoms with van der Waals surface area (Å²) in [7, 11) is 0. The first-order valence-corrected chi connectivity index (χ1v) is 14.0. The van der Waals surface area contributed by atoms with Crippen LogP contribution in [0.2, 0.25) is 0 Å². The van der Waals surface area contributed by atoms with Crippen LogP contribution in [-0.2, 0) is 4.74 Å². The van der Waals surface area contributed by atoms with Crippen molar-refractivity contribution in [2.45, 2.75) is 70.5 Å². The van der Waals surface area contributed by atoms with Gasteiger partial charge in [0.05, 0.1) is 11.6 Å². The number of rotatable bonds is 7. The smallest absolute Gasteiger partial charge is 0.408 e. The maximum Gasteiger partial charge on any atom is 0.408 e. The third-order valence-corrected chi connectivity index (χ3v) is 7.10. The lowest BCUT2D eigenvalue weighted by molar-refractivity contribution is -0.184. The number of fused-ring (bicyclic) bond motifs is 2. The first-order chi connectivity index (χ1) is 20.2. The third kappa shape index (κ3) is 6.51. The second-order valence-electron chi connectivity index (χ2n) is 12.1. The standard InChI is InChI=1S/C30H34F4N6O3/c1-18(2)42-22-8-6-7-19-9-11-21(35-24(19)22)26-38-37-23-12-10-20(15-40(23)26)25(30(32,33)34)39-14-13-29(16-31,17-39)36-27(41)43-28(3,4)5/h6-12,15,18,25H,13-14,16-17H2,1-5H3,(H,36,41)/t25-,29?/m1/s1. The van der Waals surface area contributed by atoms with Gasteiger partial charge in [-0.2, -0.15) is 13.2 Å². The van der Waals surface area contributed by atoms with Gasteiger partial charge < -0.3 is 14.8 Å². The number of aromatic nitrogens is 4. The quantitative estimate of drug-likeness (QED) is 0.249. The fourth-order valence-electron chi connectivity index (χ4n) is 5.33. The Labute approximate surface area is 246 Å². The lowest BCUT2D eigenvalue weighted by Crippen LogP contribution is -2.54. The summed E-state index contributed by atoms with van der Waals surface area (Å²) in [5.41, 5.74) is -1.12. The zero-order valence-electron chi connectivity index (χ0n) is 24.6. The highest BCUT2D eigenvalue weighted by molar-refractivity contribution is 5.86.